The second-order valence-corrected chi connectivity index (χ2v) is 10.1. The molecular weight excluding hydrogens is 430 g/mol. The minimum atomic E-state index is -0.955. The smallest absolute Gasteiger partial charge is 0.334 e. The molecule has 2 fully saturated rings. The van der Waals surface area contributed by atoms with Crippen LogP contribution in [0.3, 0.4) is 0 Å². The van der Waals surface area contributed by atoms with Gasteiger partial charge in [-0.2, -0.15) is 0 Å². The van der Waals surface area contributed by atoms with E-state index >= 15 is 0 Å². The summed E-state index contributed by atoms with van der Waals surface area (Å²) in [6, 6.07) is 5.82. The predicted octanol–water partition coefficient (Wildman–Crippen LogP) is 2.14. The summed E-state index contributed by atoms with van der Waals surface area (Å²) in [5.74, 6) is -0.104. The molecule has 0 bridgehead atoms. The van der Waals surface area contributed by atoms with Crippen molar-refractivity contribution in [2.75, 3.05) is 18.8 Å². The Hall–Kier alpha value is -2.27. The average Bonchev–Trinajstić information content (AvgIpc) is 3.06. The molecule has 2 heterocycles. The van der Waals surface area contributed by atoms with Crippen LogP contribution < -0.4 is 5.32 Å². The molecule has 0 saturated carbocycles. The van der Waals surface area contributed by atoms with Crippen molar-refractivity contribution < 1.29 is 24.0 Å². The van der Waals surface area contributed by atoms with Gasteiger partial charge in [-0.15, -0.1) is 23.5 Å². The minimum absolute atomic E-state index is 0.0127. The van der Waals surface area contributed by atoms with Gasteiger partial charge in [0.05, 0.1) is 22.8 Å². The maximum absolute atomic E-state index is 13.1. The van der Waals surface area contributed by atoms with Crippen LogP contribution in [0.4, 0.5) is 5.69 Å². The van der Waals surface area contributed by atoms with E-state index in [2.05, 4.69) is 5.32 Å². The van der Waals surface area contributed by atoms with Gasteiger partial charge < -0.3 is 15.0 Å². The zero-order valence-corrected chi connectivity index (χ0v) is 18.3. The van der Waals surface area contributed by atoms with Gasteiger partial charge in [0.1, 0.15) is 6.61 Å². The summed E-state index contributed by atoms with van der Waals surface area (Å²) >= 11 is 2.82. The first kappa shape index (κ1) is 22.4. The number of carbonyl (C=O) groups is 3. The SMILES string of the molecule is CCC1C(=O)N2CC(SCCNC(C)=O)(C(=O)OCc3ccc([N+](=O)[O-])cc3)S[C@H]12. The first-order valence-corrected chi connectivity index (χ1v) is 11.4. The highest BCUT2D eigenvalue weighted by molar-refractivity contribution is 8.20. The first-order chi connectivity index (χ1) is 14.3. The number of nitrogens with zero attached hydrogens (tertiary/aromatic N) is 2. The normalized spacial score (nSPS) is 24.7. The molecule has 3 atom stereocenters. The lowest BCUT2D eigenvalue weighted by Gasteiger charge is -2.40. The lowest BCUT2D eigenvalue weighted by Crippen LogP contribution is -2.56. The number of carbonyl (C=O) groups excluding carboxylic acids is 3. The Balaban J connectivity index is 1.66. The number of thioether (sulfide) groups is 2. The molecule has 2 saturated heterocycles. The standard InChI is InChI=1S/C19H23N3O6S2/c1-3-15-16(24)21-11-19(30-17(15)21,29-9-8-20-12(2)23)18(25)28-10-13-4-6-14(7-5-13)22(26)27/h4-7,15,17H,3,8-11H2,1-2H3,(H,20,23)/t15?,17-,19?/m1/s1. The van der Waals surface area contributed by atoms with Crippen molar-refractivity contribution in [3.8, 4) is 0 Å². The van der Waals surface area contributed by atoms with Crippen LogP contribution in [0.5, 0.6) is 0 Å². The van der Waals surface area contributed by atoms with Crippen LogP contribution in [-0.4, -0.2) is 55.9 Å². The second kappa shape index (κ2) is 9.25. The van der Waals surface area contributed by atoms with Crippen LogP contribution in [0.2, 0.25) is 0 Å². The Kier molecular flexibility index (Phi) is 6.91. The van der Waals surface area contributed by atoms with Gasteiger partial charge in [-0.05, 0) is 24.1 Å². The highest BCUT2D eigenvalue weighted by Gasteiger charge is 2.61. The summed E-state index contributed by atoms with van der Waals surface area (Å²) in [6.07, 6.45) is 0.720. The highest BCUT2D eigenvalue weighted by atomic mass is 32.2. The lowest BCUT2D eigenvalue weighted by molar-refractivity contribution is -0.384. The van der Waals surface area contributed by atoms with Gasteiger partial charge in [-0.3, -0.25) is 19.7 Å². The molecule has 1 aromatic carbocycles. The monoisotopic (exact) mass is 453 g/mol. The maximum atomic E-state index is 13.1. The molecular formula is C19H23N3O6S2. The third-order valence-corrected chi connectivity index (χ3v) is 8.33. The number of hydrogen-bond donors (Lipinski definition) is 1. The molecule has 1 N–H and O–H groups in total. The number of non-ortho nitro benzene ring substituents is 1. The summed E-state index contributed by atoms with van der Waals surface area (Å²) in [6.45, 7) is 4.05. The van der Waals surface area contributed by atoms with Crippen LogP contribution in [-0.2, 0) is 25.7 Å². The van der Waals surface area contributed by atoms with Crippen molar-refractivity contribution in [2.24, 2.45) is 5.92 Å². The Morgan fingerprint density at radius 2 is 2.10 bits per heavy atom. The number of nitrogens with one attached hydrogen (secondary N) is 1. The van der Waals surface area contributed by atoms with E-state index in [0.717, 1.165) is 6.42 Å². The summed E-state index contributed by atoms with van der Waals surface area (Å²) in [4.78, 5) is 48.5. The fraction of sp³-hybridized carbons (Fsp3) is 0.526. The number of hydrogen-bond acceptors (Lipinski definition) is 8. The summed E-state index contributed by atoms with van der Waals surface area (Å²) in [5, 5.41) is 13.4. The average molecular weight is 454 g/mol. The molecule has 3 rings (SSSR count). The topological polar surface area (TPSA) is 119 Å². The van der Waals surface area contributed by atoms with Gasteiger partial charge in [0.15, 0.2) is 4.08 Å². The van der Waals surface area contributed by atoms with E-state index < -0.39 is 15.0 Å². The molecule has 162 valence electrons. The third-order valence-electron chi connectivity index (χ3n) is 5.02. The Bertz CT molecular complexity index is 849. The number of benzene rings is 1. The number of nitro groups is 1. The maximum Gasteiger partial charge on any atom is 0.334 e. The first-order valence-electron chi connectivity index (χ1n) is 9.54. The van der Waals surface area contributed by atoms with Gasteiger partial charge >= 0.3 is 5.97 Å². The lowest BCUT2D eigenvalue weighted by atomic mass is 9.95. The van der Waals surface area contributed by atoms with E-state index in [9.17, 15) is 24.5 Å². The summed E-state index contributed by atoms with van der Waals surface area (Å²) in [7, 11) is 0. The van der Waals surface area contributed by atoms with E-state index in [-0.39, 0.29) is 41.9 Å². The molecule has 30 heavy (non-hydrogen) atoms. The molecule has 0 spiro atoms. The van der Waals surface area contributed by atoms with E-state index in [1.54, 1.807) is 17.0 Å². The number of fused-ring (bicyclic) bond motifs is 1. The number of rotatable bonds is 9. The van der Waals surface area contributed by atoms with Gasteiger partial charge in [-0.1, -0.05) is 6.92 Å². The van der Waals surface area contributed by atoms with E-state index in [0.29, 0.717) is 17.9 Å². The van der Waals surface area contributed by atoms with Crippen LogP contribution >= 0.6 is 23.5 Å². The van der Waals surface area contributed by atoms with Gasteiger partial charge in [-0.25, -0.2) is 4.79 Å². The van der Waals surface area contributed by atoms with Crippen LogP contribution in [0.15, 0.2) is 24.3 Å². The van der Waals surface area contributed by atoms with Gasteiger partial charge in [0, 0.05) is 31.4 Å². The van der Waals surface area contributed by atoms with Crippen LogP contribution in [0.25, 0.3) is 0 Å². The molecule has 0 aromatic heterocycles. The van der Waals surface area contributed by atoms with E-state index in [1.807, 2.05) is 6.92 Å². The number of esters is 1. The Morgan fingerprint density at radius 3 is 2.70 bits per heavy atom. The van der Waals surface area contributed by atoms with Crippen molar-refractivity contribution in [1.29, 1.82) is 0 Å². The Labute approximate surface area is 182 Å². The van der Waals surface area contributed by atoms with E-state index in [4.69, 9.17) is 4.74 Å². The summed E-state index contributed by atoms with van der Waals surface area (Å²) < 4.78 is 4.59. The van der Waals surface area contributed by atoms with E-state index in [1.165, 1.54) is 42.6 Å². The predicted molar refractivity (Wildman–Crippen MR) is 114 cm³/mol. The molecule has 2 unspecified atom stereocenters. The second-order valence-electron chi connectivity index (χ2n) is 7.07. The van der Waals surface area contributed by atoms with Crippen LogP contribution in [0, 0.1) is 16.0 Å². The molecule has 2 aliphatic rings. The fourth-order valence-electron chi connectivity index (χ4n) is 3.41. The number of amides is 2. The zero-order valence-electron chi connectivity index (χ0n) is 16.7. The number of β-lactam (4-membered cyclic amide) rings is 1. The van der Waals surface area contributed by atoms with Gasteiger partial charge in [0.25, 0.3) is 5.69 Å². The van der Waals surface area contributed by atoms with Gasteiger partial charge in [0.2, 0.25) is 11.8 Å². The highest BCUT2D eigenvalue weighted by Crippen LogP contribution is 2.55. The molecule has 0 radical (unpaired) electrons. The van der Waals surface area contributed by atoms with Crippen molar-refractivity contribution in [2.45, 2.75) is 36.3 Å². The van der Waals surface area contributed by atoms with Crippen molar-refractivity contribution in [1.82, 2.24) is 10.2 Å². The summed E-state index contributed by atoms with van der Waals surface area (Å²) in [5.41, 5.74) is 0.607. The molecule has 9 nitrogen and oxygen atoms in total. The molecule has 1 aromatic rings. The minimum Gasteiger partial charge on any atom is -0.459 e. The van der Waals surface area contributed by atoms with Crippen molar-refractivity contribution in [3.05, 3.63) is 39.9 Å². The zero-order chi connectivity index (χ0) is 21.9. The molecule has 11 heteroatoms. The quantitative estimate of drug-likeness (QED) is 0.199. The third kappa shape index (κ3) is 4.56. The molecule has 0 aliphatic carbocycles. The number of nitro benzene ring substituents is 1. The molecule has 2 aliphatic heterocycles. The largest absolute Gasteiger partial charge is 0.459 e. The molecule has 2 amide bonds. The fourth-order valence-corrected chi connectivity index (χ4v) is 6.71. The Morgan fingerprint density at radius 1 is 1.40 bits per heavy atom. The number of ether oxygens (including phenoxy) is 1. The van der Waals surface area contributed by atoms with Crippen molar-refractivity contribution in [3.63, 3.8) is 0 Å². The van der Waals surface area contributed by atoms with Crippen LogP contribution in [0.1, 0.15) is 25.8 Å². The van der Waals surface area contributed by atoms with Crippen molar-refractivity contribution >= 4 is 47.0 Å².